The molecule has 0 N–H and O–H groups in total. The van der Waals surface area contributed by atoms with E-state index in [1.807, 2.05) is 19.9 Å². The Morgan fingerprint density at radius 3 is 2.11 bits per heavy atom. The predicted molar refractivity (Wildman–Crippen MR) is 42.4 cm³/mol. The Labute approximate surface area is 57.6 Å². The quantitative estimate of drug-likeness (QED) is 0.370. The fraction of sp³-hybridized carbons (Fsp3) is 0.444. The van der Waals surface area contributed by atoms with Gasteiger partial charge in [-0.2, -0.15) is 0 Å². The molecule has 0 rings (SSSR count). The molecule has 0 heteroatoms. The lowest BCUT2D eigenvalue weighted by molar-refractivity contribution is 1.35. The lowest BCUT2D eigenvalue weighted by Gasteiger charge is -1.86. The first kappa shape index (κ1) is 8.26. The Balaban J connectivity index is 4.25. The summed E-state index contributed by atoms with van der Waals surface area (Å²) in [5.74, 6) is 0. The molecule has 50 valence electrons. The molecule has 0 aliphatic rings. The summed E-state index contributed by atoms with van der Waals surface area (Å²) in [4.78, 5) is 0. The number of rotatable bonds is 1. The zero-order chi connectivity index (χ0) is 7.28. The van der Waals surface area contributed by atoms with Crippen LogP contribution in [-0.4, -0.2) is 0 Å². The summed E-state index contributed by atoms with van der Waals surface area (Å²) in [7, 11) is 0. The summed E-state index contributed by atoms with van der Waals surface area (Å²) in [6, 6.07) is 0. The normalized spacial score (nSPS) is 7.56. The van der Waals surface area contributed by atoms with Gasteiger partial charge in [0, 0.05) is 0 Å². The summed E-state index contributed by atoms with van der Waals surface area (Å²) in [6.07, 6.45) is 4.04. The maximum absolute atomic E-state index is 3.09. The molecular formula is C9H14. The summed E-state index contributed by atoms with van der Waals surface area (Å²) in [5.41, 5.74) is 5.61. The van der Waals surface area contributed by atoms with Crippen LogP contribution in [0.15, 0.2) is 29.0 Å². The predicted octanol–water partition coefficient (Wildman–Crippen LogP) is 3.07. The molecule has 0 bridgehead atoms. The van der Waals surface area contributed by atoms with Crippen LogP contribution in [0.1, 0.15) is 27.7 Å². The summed E-state index contributed by atoms with van der Waals surface area (Å²) >= 11 is 0. The summed E-state index contributed by atoms with van der Waals surface area (Å²) in [6.45, 7) is 8.19. The SMILES string of the molecule is CC=C=C(C)C=C(C)C. The second-order valence-corrected chi connectivity index (χ2v) is 2.34. The van der Waals surface area contributed by atoms with Gasteiger partial charge in [0.2, 0.25) is 0 Å². The first-order valence-corrected chi connectivity index (χ1v) is 3.19. The Morgan fingerprint density at radius 1 is 1.22 bits per heavy atom. The summed E-state index contributed by atoms with van der Waals surface area (Å²) in [5, 5.41) is 0. The van der Waals surface area contributed by atoms with Crippen molar-refractivity contribution in [1.82, 2.24) is 0 Å². The highest BCUT2D eigenvalue weighted by Gasteiger charge is 1.77. The van der Waals surface area contributed by atoms with Crippen molar-refractivity contribution in [3.8, 4) is 0 Å². The first-order valence-electron chi connectivity index (χ1n) is 3.19. The summed E-state index contributed by atoms with van der Waals surface area (Å²) < 4.78 is 0. The average molecular weight is 122 g/mol. The van der Waals surface area contributed by atoms with Gasteiger partial charge in [-0.3, -0.25) is 0 Å². The minimum absolute atomic E-state index is 1.19. The molecule has 0 radical (unpaired) electrons. The van der Waals surface area contributed by atoms with E-state index in [1.54, 1.807) is 0 Å². The third kappa shape index (κ3) is 5.13. The van der Waals surface area contributed by atoms with Gasteiger partial charge >= 0.3 is 0 Å². The lowest BCUT2D eigenvalue weighted by Crippen LogP contribution is -1.66. The van der Waals surface area contributed by atoms with Gasteiger partial charge in [-0.1, -0.05) is 11.6 Å². The molecule has 0 aromatic rings. The van der Waals surface area contributed by atoms with Gasteiger partial charge in [0.05, 0.1) is 0 Å². The van der Waals surface area contributed by atoms with E-state index in [1.165, 1.54) is 11.1 Å². The number of allylic oxidation sites excluding steroid dienone is 3. The third-order valence-electron chi connectivity index (χ3n) is 0.877. The highest BCUT2D eigenvalue weighted by atomic mass is 13.8. The van der Waals surface area contributed by atoms with Crippen LogP contribution in [0, 0.1) is 0 Å². The van der Waals surface area contributed by atoms with E-state index in [0.29, 0.717) is 0 Å². The van der Waals surface area contributed by atoms with E-state index in [0.717, 1.165) is 0 Å². The minimum atomic E-state index is 1.19. The minimum Gasteiger partial charge on any atom is -0.122 e. The molecule has 0 aromatic carbocycles. The highest BCUT2D eigenvalue weighted by Crippen LogP contribution is 1.97. The van der Waals surface area contributed by atoms with Crippen LogP contribution in [-0.2, 0) is 0 Å². The Kier molecular flexibility index (Phi) is 3.83. The van der Waals surface area contributed by atoms with Crippen LogP contribution in [0.3, 0.4) is 0 Å². The Bertz CT molecular complexity index is 160. The van der Waals surface area contributed by atoms with Gasteiger partial charge in [-0.15, -0.1) is 5.73 Å². The Hall–Kier alpha value is -0.740. The van der Waals surface area contributed by atoms with Gasteiger partial charge in [0.15, 0.2) is 0 Å². The topological polar surface area (TPSA) is 0 Å². The van der Waals surface area contributed by atoms with E-state index in [2.05, 4.69) is 25.7 Å². The van der Waals surface area contributed by atoms with Gasteiger partial charge in [0.1, 0.15) is 0 Å². The van der Waals surface area contributed by atoms with Gasteiger partial charge in [-0.25, -0.2) is 0 Å². The van der Waals surface area contributed by atoms with Crippen molar-refractivity contribution in [2.24, 2.45) is 0 Å². The van der Waals surface area contributed by atoms with Crippen molar-refractivity contribution in [2.45, 2.75) is 27.7 Å². The van der Waals surface area contributed by atoms with Crippen molar-refractivity contribution in [3.63, 3.8) is 0 Å². The van der Waals surface area contributed by atoms with Crippen LogP contribution in [0.4, 0.5) is 0 Å². The highest BCUT2D eigenvalue weighted by molar-refractivity contribution is 5.18. The fourth-order valence-electron chi connectivity index (χ4n) is 0.702. The second kappa shape index (κ2) is 4.17. The molecule has 0 nitrogen and oxygen atoms in total. The van der Waals surface area contributed by atoms with Crippen LogP contribution < -0.4 is 0 Å². The van der Waals surface area contributed by atoms with Gasteiger partial charge in [-0.05, 0) is 39.3 Å². The lowest BCUT2D eigenvalue weighted by atomic mass is 10.2. The van der Waals surface area contributed by atoms with Crippen molar-refractivity contribution in [3.05, 3.63) is 29.0 Å². The van der Waals surface area contributed by atoms with Crippen LogP contribution >= 0.6 is 0 Å². The van der Waals surface area contributed by atoms with Crippen LogP contribution in [0.2, 0.25) is 0 Å². The van der Waals surface area contributed by atoms with E-state index in [9.17, 15) is 0 Å². The van der Waals surface area contributed by atoms with E-state index >= 15 is 0 Å². The van der Waals surface area contributed by atoms with E-state index in [4.69, 9.17) is 0 Å². The fourth-order valence-corrected chi connectivity index (χ4v) is 0.702. The number of hydrogen-bond donors (Lipinski definition) is 0. The van der Waals surface area contributed by atoms with Crippen molar-refractivity contribution in [1.29, 1.82) is 0 Å². The van der Waals surface area contributed by atoms with Gasteiger partial charge < -0.3 is 0 Å². The van der Waals surface area contributed by atoms with Crippen LogP contribution in [0.5, 0.6) is 0 Å². The van der Waals surface area contributed by atoms with E-state index in [-0.39, 0.29) is 0 Å². The molecule has 0 heterocycles. The molecule has 0 aliphatic carbocycles. The molecule has 0 aromatic heterocycles. The maximum atomic E-state index is 3.09. The largest absolute Gasteiger partial charge is 0.122 e. The monoisotopic (exact) mass is 122 g/mol. The maximum Gasteiger partial charge on any atom is -0.00955 e. The first-order chi connectivity index (χ1) is 4.16. The number of hydrogen-bond acceptors (Lipinski definition) is 0. The molecule has 0 unspecified atom stereocenters. The average Bonchev–Trinajstić information content (AvgIpc) is 1.63. The third-order valence-corrected chi connectivity index (χ3v) is 0.877. The molecule has 9 heavy (non-hydrogen) atoms. The van der Waals surface area contributed by atoms with Crippen molar-refractivity contribution in [2.75, 3.05) is 0 Å². The smallest absolute Gasteiger partial charge is 0.00955 e. The molecule has 0 amide bonds. The zero-order valence-electron chi connectivity index (χ0n) is 6.65. The molecule has 0 saturated heterocycles. The zero-order valence-corrected chi connectivity index (χ0v) is 6.65. The Morgan fingerprint density at radius 2 is 1.78 bits per heavy atom. The van der Waals surface area contributed by atoms with Crippen molar-refractivity contribution < 1.29 is 0 Å². The van der Waals surface area contributed by atoms with E-state index < -0.39 is 0 Å². The molecule has 0 atom stereocenters. The molecule has 0 spiro atoms. The molecular weight excluding hydrogens is 108 g/mol. The standard InChI is InChI=1S/C9H14/c1-5-6-9(4)7-8(2)3/h5,7H,1-4H3. The molecule has 0 aliphatic heterocycles. The molecule has 0 saturated carbocycles. The van der Waals surface area contributed by atoms with Gasteiger partial charge in [0.25, 0.3) is 0 Å². The molecule has 0 fully saturated rings. The van der Waals surface area contributed by atoms with Crippen molar-refractivity contribution >= 4 is 0 Å². The second-order valence-electron chi connectivity index (χ2n) is 2.34. The van der Waals surface area contributed by atoms with Crippen LogP contribution in [0.25, 0.3) is 0 Å².